The molecule has 1 N–H and O–H groups in total. The van der Waals surface area contributed by atoms with Gasteiger partial charge in [0.1, 0.15) is 0 Å². The molecule has 2 aromatic carbocycles. The van der Waals surface area contributed by atoms with Crippen LogP contribution in [0.25, 0.3) is 11.4 Å². The van der Waals surface area contributed by atoms with Gasteiger partial charge in [-0.2, -0.15) is 9.29 Å². The predicted molar refractivity (Wildman–Crippen MR) is 120 cm³/mol. The summed E-state index contributed by atoms with van der Waals surface area (Å²) in [6, 6.07) is 13.5. The number of rotatable bonds is 6. The van der Waals surface area contributed by atoms with Crippen molar-refractivity contribution in [1.82, 2.24) is 14.4 Å². The van der Waals surface area contributed by atoms with Crippen LogP contribution in [0.15, 0.2) is 57.9 Å². The van der Waals surface area contributed by atoms with Gasteiger partial charge in [-0.1, -0.05) is 22.9 Å². The first-order chi connectivity index (χ1) is 15.1. The molecule has 1 aliphatic heterocycles. The molecule has 11 heteroatoms. The van der Waals surface area contributed by atoms with Crippen molar-refractivity contribution in [3.8, 4) is 11.4 Å². The van der Waals surface area contributed by atoms with E-state index in [1.807, 2.05) is 6.92 Å². The van der Waals surface area contributed by atoms with Crippen LogP contribution in [0.4, 0.5) is 5.69 Å². The van der Waals surface area contributed by atoms with Gasteiger partial charge in [-0.25, -0.2) is 16.8 Å². The highest BCUT2D eigenvalue weighted by Crippen LogP contribution is 2.31. The zero-order valence-electron chi connectivity index (χ0n) is 17.7. The second-order valence-corrected chi connectivity index (χ2v) is 11.6. The number of sulfonamides is 2. The van der Waals surface area contributed by atoms with Crippen molar-refractivity contribution in [3.05, 3.63) is 60.0 Å². The van der Waals surface area contributed by atoms with Gasteiger partial charge < -0.3 is 4.52 Å². The lowest BCUT2D eigenvalue weighted by atomic mass is 9.98. The Kier molecular flexibility index (Phi) is 6.06. The summed E-state index contributed by atoms with van der Waals surface area (Å²) < 4.78 is 57.7. The van der Waals surface area contributed by atoms with Crippen LogP contribution in [0.5, 0.6) is 0 Å². The van der Waals surface area contributed by atoms with Gasteiger partial charge in [0.05, 0.1) is 11.2 Å². The van der Waals surface area contributed by atoms with Crippen LogP contribution < -0.4 is 4.72 Å². The Balaban J connectivity index is 1.41. The highest BCUT2D eigenvalue weighted by atomic mass is 32.2. The van der Waals surface area contributed by atoms with E-state index in [0.29, 0.717) is 53.8 Å². The smallest absolute Gasteiger partial charge is 0.243 e. The number of piperidine rings is 1. The van der Waals surface area contributed by atoms with Gasteiger partial charge in [-0.15, -0.1) is 0 Å². The number of hydrogen-bond acceptors (Lipinski definition) is 7. The first-order valence-electron chi connectivity index (χ1n) is 10.1. The van der Waals surface area contributed by atoms with Gasteiger partial charge in [0.25, 0.3) is 0 Å². The lowest BCUT2D eigenvalue weighted by Crippen LogP contribution is -2.37. The third-order valence-corrected chi connectivity index (χ3v) is 7.87. The molecule has 3 aromatic rings. The van der Waals surface area contributed by atoms with E-state index in [4.69, 9.17) is 4.52 Å². The van der Waals surface area contributed by atoms with Gasteiger partial charge in [0, 0.05) is 30.3 Å². The van der Waals surface area contributed by atoms with Crippen LogP contribution in [0.1, 0.15) is 30.2 Å². The average molecular weight is 477 g/mol. The summed E-state index contributed by atoms with van der Waals surface area (Å²) in [5.41, 5.74) is 2.15. The molecule has 0 aliphatic carbocycles. The van der Waals surface area contributed by atoms with Crippen molar-refractivity contribution >= 4 is 25.7 Å². The van der Waals surface area contributed by atoms with Gasteiger partial charge >= 0.3 is 0 Å². The van der Waals surface area contributed by atoms with E-state index in [1.54, 1.807) is 48.5 Å². The van der Waals surface area contributed by atoms with Crippen LogP contribution in [0.2, 0.25) is 0 Å². The molecule has 2 heterocycles. The number of aryl methyl sites for hydroxylation is 1. The van der Waals surface area contributed by atoms with Crippen LogP contribution in [0.3, 0.4) is 0 Å². The van der Waals surface area contributed by atoms with E-state index in [0.717, 1.165) is 11.8 Å². The Hall–Kier alpha value is -2.76. The number of benzene rings is 2. The molecule has 0 atom stereocenters. The fraction of sp³-hybridized carbons (Fsp3) is 0.333. The monoisotopic (exact) mass is 476 g/mol. The van der Waals surface area contributed by atoms with Gasteiger partial charge in [0.15, 0.2) is 0 Å². The van der Waals surface area contributed by atoms with Crippen molar-refractivity contribution in [2.45, 2.75) is 30.6 Å². The summed E-state index contributed by atoms with van der Waals surface area (Å²) >= 11 is 0. The number of hydrogen-bond donors (Lipinski definition) is 1. The van der Waals surface area contributed by atoms with Crippen molar-refractivity contribution in [1.29, 1.82) is 0 Å². The SMILES string of the molecule is Cc1ccc(S(=O)(=O)N2CCC(c3nc(-c4ccc(NS(C)(=O)=O)cc4)no3)CC2)cc1. The van der Waals surface area contributed by atoms with Gasteiger partial charge in [-0.05, 0) is 56.2 Å². The van der Waals surface area contributed by atoms with E-state index in [2.05, 4.69) is 14.9 Å². The fourth-order valence-corrected chi connectivity index (χ4v) is 5.66. The number of nitrogens with zero attached hydrogens (tertiary/aromatic N) is 3. The summed E-state index contributed by atoms with van der Waals surface area (Å²) in [7, 11) is -6.87. The Labute approximate surface area is 187 Å². The summed E-state index contributed by atoms with van der Waals surface area (Å²) in [5, 5.41) is 4.03. The molecule has 1 saturated heterocycles. The Morgan fingerprint density at radius 2 is 1.59 bits per heavy atom. The Morgan fingerprint density at radius 1 is 0.969 bits per heavy atom. The molecule has 4 rings (SSSR count). The predicted octanol–water partition coefficient (Wildman–Crippen LogP) is 2.98. The summed E-state index contributed by atoms with van der Waals surface area (Å²) in [5.74, 6) is 0.859. The highest BCUT2D eigenvalue weighted by Gasteiger charge is 2.32. The molecular weight excluding hydrogens is 452 g/mol. The van der Waals surface area contributed by atoms with Crippen molar-refractivity contribution < 1.29 is 21.4 Å². The topological polar surface area (TPSA) is 122 Å². The molecule has 170 valence electrons. The highest BCUT2D eigenvalue weighted by molar-refractivity contribution is 7.92. The van der Waals surface area contributed by atoms with Gasteiger partial charge in [0.2, 0.25) is 31.8 Å². The molecule has 0 radical (unpaired) electrons. The minimum Gasteiger partial charge on any atom is -0.339 e. The number of anilines is 1. The molecule has 0 unspecified atom stereocenters. The lowest BCUT2D eigenvalue weighted by Gasteiger charge is -2.29. The van der Waals surface area contributed by atoms with Crippen molar-refractivity contribution in [2.75, 3.05) is 24.1 Å². The number of nitrogens with one attached hydrogen (secondary N) is 1. The van der Waals surface area contributed by atoms with Crippen LogP contribution in [-0.2, 0) is 20.0 Å². The molecule has 0 amide bonds. The average Bonchev–Trinajstić information content (AvgIpc) is 3.24. The second kappa shape index (κ2) is 8.64. The second-order valence-electron chi connectivity index (χ2n) is 7.90. The van der Waals surface area contributed by atoms with E-state index in [9.17, 15) is 16.8 Å². The third kappa shape index (κ3) is 5.00. The quantitative estimate of drug-likeness (QED) is 0.580. The van der Waals surface area contributed by atoms with E-state index < -0.39 is 20.0 Å². The van der Waals surface area contributed by atoms with Crippen LogP contribution in [0, 0.1) is 6.92 Å². The summed E-state index contributed by atoms with van der Waals surface area (Å²) in [6.07, 6.45) is 2.26. The Bertz CT molecular complexity index is 1290. The minimum atomic E-state index is -3.52. The molecule has 32 heavy (non-hydrogen) atoms. The largest absolute Gasteiger partial charge is 0.339 e. The zero-order chi connectivity index (χ0) is 22.9. The lowest BCUT2D eigenvalue weighted by molar-refractivity contribution is 0.271. The van der Waals surface area contributed by atoms with Crippen molar-refractivity contribution in [3.63, 3.8) is 0 Å². The van der Waals surface area contributed by atoms with Crippen LogP contribution in [-0.4, -0.2) is 50.6 Å². The summed E-state index contributed by atoms with van der Waals surface area (Å²) in [6.45, 7) is 2.68. The zero-order valence-corrected chi connectivity index (χ0v) is 19.4. The molecule has 0 saturated carbocycles. The van der Waals surface area contributed by atoms with E-state index in [-0.39, 0.29) is 5.92 Å². The molecular formula is C21H24N4O5S2. The standard InChI is InChI=1S/C21H24N4O5S2/c1-15-3-9-19(10-4-15)32(28,29)25-13-11-17(12-14-25)21-22-20(23-30-21)16-5-7-18(8-6-16)24-31(2,26)27/h3-10,17,24H,11-14H2,1-2H3. The molecule has 1 aliphatic rings. The molecule has 9 nitrogen and oxygen atoms in total. The fourth-order valence-electron chi connectivity index (χ4n) is 3.62. The first kappa shape index (κ1) is 22.4. The summed E-state index contributed by atoms with van der Waals surface area (Å²) in [4.78, 5) is 4.78. The maximum Gasteiger partial charge on any atom is 0.243 e. The van der Waals surface area contributed by atoms with Gasteiger partial charge in [-0.3, -0.25) is 4.72 Å². The maximum atomic E-state index is 12.9. The van der Waals surface area contributed by atoms with Crippen LogP contribution >= 0.6 is 0 Å². The number of aromatic nitrogens is 2. The van der Waals surface area contributed by atoms with Crippen molar-refractivity contribution in [2.24, 2.45) is 0 Å². The van der Waals surface area contributed by atoms with E-state index in [1.165, 1.54) is 4.31 Å². The molecule has 1 fully saturated rings. The first-order valence-corrected chi connectivity index (χ1v) is 13.4. The minimum absolute atomic E-state index is 0.0214. The van der Waals surface area contributed by atoms with E-state index >= 15 is 0 Å². The third-order valence-electron chi connectivity index (χ3n) is 5.35. The molecule has 0 bridgehead atoms. The Morgan fingerprint density at radius 3 is 2.19 bits per heavy atom. The normalized spacial score (nSPS) is 16.2. The maximum absolute atomic E-state index is 12.9. The molecule has 1 aromatic heterocycles. The molecule has 0 spiro atoms.